The first kappa shape index (κ1) is 16.7. The van der Waals surface area contributed by atoms with Gasteiger partial charge in [-0.25, -0.2) is 0 Å². The third kappa shape index (κ3) is 3.81. The Labute approximate surface area is 116 Å². The highest BCUT2D eigenvalue weighted by Crippen LogP contribution is 2.35. The van der Waals surface area contributed by atoms with Crippen molar-refractivity contribution in [1.29, 1.82) is 0 Å². The second-order valence-electron chi connectivity index (χ2n) is 4.02. The Bertz CT molecular complexity index is 495. The predicted molar refractivity (Wildman–Crippen MR) is 64.4 cm³/mol. The Kier molecular flexibility index (Phi) is 5.32. The number of rotatable bonds is 5. The van der Waals surface area contributed by atoms with E-state index in [1.807, 2.05) is 0 Å². The summed E-state index contributed by atoms with van der Waals surface area (Å²) in [5.74, 6) is -0.00728. The van der Waals surface area contributed by atoms with Gasteiger partial charge in [0.25, 0.3) is 5.69 Å². The number of halogens is 4. The van der Waals surface area contributed by atoms with Gasteiger partial charge < -0.3 is 10.2 Å². The van der Waals surface area contributed by atoms with Crippen LogP contribution in [0.15, 0.2) is 18.2 Å². The molecule has 9 heteroatoms. The molecule has 1 rings (SSSR count). The van der Waals surface area contributed by atoms with Crippen LogP contribution >= 0.6 is 11.6 Å². The molecule has 0 aliphatic rings. The molecule has 0 fully saturated rings. The molecular formula is C11H11ClF3NO4. The number of nitrogens with zero attached hydrogens (tertiary/aromatic N) is 1. The number of hydrogen-bond acceptors (Lipinski definition) is 4. The molecule has 5 nitrogen and oxygen atoms in total. The van der Waals surface area contributed by atoms with E-state index in [9.17, 15) is 33.5 Å². The molecular weight excluding hydrogens is 303 g/mol. The fourth-order valence-corrected chi connectivity index (χ4v) is 1.83. The Balaban J connectivity index is 3.24. The van der Waals surface area contributed by atoms with E-state index in [1.165, 1.54) is 0 Å². The lowest BCUT2D eigenvalue weighted by Crippen LogP contribution is -2.20. The van der Waals surface area contributed by atoms with Crippen LogP contribution in [0.2, 0.25) is 0 Å². The average molecular weight is 314 g/mol. The summed E-state index contributed by atoms with van der Waals surface area (Å²) in [6.45, 7) is 0. The molecule has 0 saturated heterocycles. The largest absolute Gasteiger partial charge is 0.416 e. The van der Waals surface area contributed by atoms with E-state index < -0.39 is 34.6 Å². The number of aliphatic hydroxyl groups excluding tert-OH is 2. The maximum Gasteiger partial charge on any atom is 0.416 e. The molecule has 1 aromatic carbocycles. The number of benzene rings is 1. The summed E-state index contributed by atoms with van der Waals surface area (Å²) in [6.07, 6.45) is -7.87. The van der Waals surface area contributed by atoms with Crippen LogP contribution in [0, 0.1) is 10.1 Å². The first-order valence-corrected chi connectivity index (χ1v) is 5.99. The second-order valence-corrected chi connectivity index (χ2v) is 4.40. The summed E-state index contributed by atoms with van der Waals surface area (Å²) >= 11 is 5.36. The zero-order chi connectivity index (χ0) is 15.5. The van der Waals surface area contributed by atoms with Crippen molar-refractivity contribution in [2.45, 2.75) is 24.8 Å². The first-order valence-electron chi connectivity index (χ1n) is 5.46. The smallest absolute Gasteiger partial charge is 0.390 e. The highest BCUT2D eigenvalue weighted by molar-refractivity contribution is 6.17. The van der Waals surface area contributed by atoms with Crippen molar-refractivity contribution in [1.82, 2.24) is 0 Å². The molecule has 0 radical (unpaired) electrons. The molecule has 20 heavy (non-hydrogen) atoms. The van der Waals surface area contributed by atoms with E-state index in [0.29, 0.717) is 12.1 Å². The Morgan fingerprint density at radius 1 is 1.35 bits per heavy atom. The Hall–Kier alpha value is -1.38. The number of alkyl halides is 4. The molecule has 2 unspecified atom stereocenters. The fourth-order valence-electron chi connectivity index (χ4n) is 1.61. The van der Waals surface area contributed by atoms with Crippen LogP contribution in [-0.4, -0.2) is 27.1 Å². The summed E-state index contributed by atoms with van der Waals surface area (Å²) in [7, 11) is 0. The van der Waals surface area contributed by atoms with E-state index in [-0.39, 0.29) is 17.9 Å². The standard InChI is InChI=1S/C11H11ClF3NO4/c12-4-3-9(17)10(18)7-2-1-6(11(13,14)15)5-8(7)16(19)20/h1-2,5,9-10,17-18H,3-4H2. The third-order valence-electron chi connectivity index (χ3n) is 2.64. The van der Waals surface area contributed by atoms with E-state index in [0.717, 1.165) is 6.07 Å². The van der Waals surface area contributed by atoms with E-state index in [2.05, 4.69) is 0 Å². The lowest BCUT2D eigenvalue weighted by molar-refractivity contribution is -0.386. The molecule has 0 bridgehead atoms. The molecule has 0 aliphatic carbocycles. The molecule has 1 aromatic rings. The van der Waals surface area contributed by atoms with Crippen molar-refractivity contribution in [2.24, 2.45) is 0 Å². The van der Waals surface area contributed by atoms with Gasteiger partial charge in [-0.15, -0.1) is 11.6 Å². The van der Waals surface area contributed by atoms with E-state index in [1.54, 1.807) is 0 Å². The van der Waals surface area contributed by atoms with Crippen LogP contribution < -0.4 is 0 Å². The van der Waals surface area contributed by atoms with Gasteiger partial charge in [0.1, 0.15) is 6.10 Å². The zero-order valence-corrected chi connectivity index (χ0v) is 10.7. The third-order valence-corrected chi connectivity index (χ3v) is 2.86. The van der Waals surface area contributed by atoms with Gasteiger partial charge >= 0.3 is 6.18 Å². The predicted octanol–water partition coefficient (Wildman–Crippen LogP) is 2.64. The van der Waals surface area contributed by atoms with Gasteiger partial charge in [0, 0.05) is 11.9 Å². The molecule has 0 spiro atoms. The monoisotopic (exact) mass is 313 g/mol. The molecule has 0 saturated carbocycles. The highest BCUT2D eigenvalue weighted by Gasteiger charge is 2.34. The summed E-state index contributed by atoms with van der Waals surface area (Å²) in [6, 6.07) is 1.72. The summed E-state index contributed by atoms with van der Waals surface area (Å²) in [5.41, 5.74) is -2.49. The number of nitro benzene ring substituents is 1. The second kappa shape index (κ2) is 6.38. The minimum absolute atomic E-state index is 0.00728. The zero-order valence-electron chi connectivity index (χ0n) is 9.97. The van der Waals surface area contributed by atoms with Crippen LogP contribution in [0.4, 0.5) is 18.9 Å². The Morgan fingerprint density at radius 3 is 2.40 bits per heavy atom. The normalized spacial score (nSPS) is 14.9. The molecule has 2 atom stereocenters. The van der Waals surface area contributed by atoms with Crippen LogP contribution in [0.25, 0.3) is 0 Å². The topological polar surface area (TPSA) is 83.6 Å². The molecule has 2 N–H and O–H groups in total. The molecule has 0 amide bonds. The highest BCUT2D eigenvalue weighted by atomic mass is 35.5. The van der Waals surface area contributed by atoms with Gasteiger partial charge in [-0.3, -0.25) is 10.1 Å². The average Bonchev–Trinajstić information content (AvgIpc) is 2.36. The molecule has 112 valence electrons. The lowest BCUT2D eigenvalue weighted by atomic mass is 9.99. The Morgan fingerprint density at radius 2 is 1.95 bits per heavy atom. The van der Waals surface area contributed by atoms with Gasteiger partial charge in [-0.1, -0.05) is 0 Å². The maximum absolute atomic E-state index is 12.5. The van der Waals surface area contributed by atoms with Crippen LogP contribution in [0.3, 0.4) is 0 Å². The van der Waals surface area contributed by atoms with Crippen molar-refractivity contribution >= 4 is 17.3 Å². The van der Waals surface area contributed by atoms with Crippen LogP contribution in [0.5, 0.6) is 0 Å². The number of nitro groups is 1. The van der Waals surface area contributed by atoms with Crippen molar-refractivity contribution < 1.29 is 28.3 Å². The first-order chi connectivity index (χ1) is 9.18. The minimum atomic E-state index is -4.73. The van der Waals surface area contributed by atoms with Crippen molar-refractivity contribution in [3.8, 4) is 0 Å². The summed E-state index contributed by atoms with van der Waals surface area (Å²) in [4.78, 5) is 9.76. The molecule has 0 aliphatic heterocycles. The lowest BCUT2D eigenvalue weighted by Gasteiger charge is -2.18. The van der Waals surface area contributed by atoms with Gasteiger partial charge in [0.2, 0.25) is 0 Å². The van der Waals surface area contributed by atoms with Crippen molar-refractivity contribution in [3.05, 3.63) is 39.4 Å². The van der Waals surface area contributed by atoms with Gasteiger partial charge in [0.15, 0.2) is 0 Å². The van der Waals surface area contributed by atoms with Crippen molar-refractivity contribution in [2.75, 3.05) is 5.88 Å². The summed E-state index contributed by atoms with van der Waals surface area (Å²) in [5, 5.41) is 30.1. The SMILES string of the molecule is O=[N+]([O-])c1cc(C(F)(F)F)ccc1C(O)C(O)CCCl. The van der Waals surface area contributed by atoms with E-state index in [4.69, 9.17) is 11.6 Å². The van der Waals surface area contributed by atoms with Gasteiger partial charge in [-0.2, -0.15) is 13.2 Å². The minimum Gasteiger partial charge on any atom is -0.390 e. The van der Waals surface area contributed by atoms with Gasteiger partial charge in [0.05, 0.1) is 22.2 Å². The summed E-state index contributed by atoms with van der Waals surface area (Å²) < 4.78 is 37.5. The molecule has 0 aromatic heterocycles. The van der Waals surface area contributed by atoms with Crippen LogP contribution in [0.1, 0.15) is 23.7 Å². The van der Waals surface area contributed by atoms with Gasteiger partial charge in [-0.05, 0) is 18.6 Å². The quantitative estimate of drug-likeness (QED) is 0.497. The van der Waals surface area contributed by atoms with Crippen LogP contribution in [-0.2, 0) is 6.18 Å². The molecule has 0 heterocycles. The van der Waals surface area contributed by atoms with Crippen molar-refractivity contribution in [3.63, 3.8) is 0 Å². The number of aliphatic hydroxyl groups is 2. The fraction of sp³-hybridized carbons (Fsp3) is 0.455. The van der Waals surface area contributed by atoms with E-state index >= 15 is 0 Å². The number of hydrogen-bond donors (Lipinski definition) is 2. The maximum atomic E-state index is 12.5.